The molecule has 1 N–H and O–H groups in total. The van der Waals surface area contributed by atoms with Crippen molar-refractivity contribution in [2.45, 2.75) is 13.0 Å². The summed E-state index contributed by atoms with van der Waals surface area (Å²) in [4.78, 5) is 0. The number of fused-ring (bicyclic) bond motifs is 1. The summed E-state index contributed by atoms with van der Waals surface area (Å²) in [5.41, 5.74) is 3.90. The van der Waals surface area contributed by atoms with Crippen molar-refractivity contribution in [3.8, 4) is 11.8 Å². The Balaban J connectivity index is 1.84. The van der Waals surface area contributed by atoms with Crippen molar-refractivity contribution in [2.75, 3.05) is 11.9 Å². The summed E-state index contributed by atoms with van der Waals surface area (Å²) >= 11 is 0. The fourth-order valence-corrected chi connectivity index (χ4v) is 2.36. The van der Waals surface area contributed by atoms with Gasteiger partial charge in [0.2, 0.25) is 0 Å². The molecule has 0 aliphatic carbocycles. The number of nitrogens with zero attached hydrogens (tertiary/aromatic N) is 1. The van der Waals surface area contributed by atoms with Crippen LogP contribution in [0.2, 0.25) is 0 Å². The maximum Gasteiger partial charge on any atom is 0.124 e. The number of benzene rings is 2. The zero-order valence-electron chi connectivity index (χ0n) is 10.7. The highest BCUT2D eigenvalue weighted by molar-refractivity contribution is 5.54. The Morgan fingerprint density at radius 3 is 2.89 bits per heavy atom. The standard InChI is InChI=1S/C16H14N2O/c1-11-8-13(7-6-12(11)9-17)18-15-10-19-16-5-3-2-4-14(15)16/h2-8,15,18H,10H2,1H3. The highest BCUT2D eigenvalue weighted by atomic mass is 16.5. The van der Waals surface area contributed by atoms with E-state index in [1.165, 1.54) is 5.56 Å². The molecule has 1 aliphatic heterocycles. The molecule has 3 heteroatoms. The van der Waals surface area contributed by atoms with Crippen molar-refractivity contribution in [3.63, 3.8) is 0 Å². The van der Waals surface area contributed by atoms with E-state index in [1.807, 2.05) is 43.3 Å². The van der Waals surface area contributed by atoms with Gasteiger partial charge >= 0.3 is 0 Å². The van der Waals surface area contributed by atoms with Gasteiger partial charge in [0.15, 0.2) is 0 Å². The lowest BCUT2D eigenvalue weighted by molar-refractivity contribution is 0.340. The minimum atomic E-state index is 0.170. The molecule has 1 unspecified atom stereocenters. The Kier molecular flexibility index (Phi) is 2.85. The van der Waals surface area contributed by atoms with Crippen LogP contribution in [0.1, 0.15) is 22.7 Å². The number of ether oxygens (including phenoxy) is 1. The van der Waals surface area contributed by atoms with E-state index >= 15 is 0 Å². The molecule has 2 aromatic rings. The molecular weight excluding hydrogens is 236 g/mol. The molecule has 3 rings (SSSR count). The van der Waals surface area contributed by atoms with Gasteiger partial charge in [0, 0.05) is 11.3 Å². The maximum atomic E-state index is 8.93. The molecule has 0 spiro atoms. The zero-order chi connectivity index (χ0) is 13.2. The summed E-state index contributed by atoms with van der Waals surface area (Å²) in [5.74, 6) is 0.949. The number of hydrogen-bond donors (Lipinski definition) is 1. The highest BCUT2D eigenvalue weighted by Gasteiger charge is 2.23. The fourth-order valence-electron chi connectivity index (χ4n) is 2.36. The smallest absolute Gasteiger partial charge is 0.124 e. The molecule has 0 fully saturated rings. The third-order valence-corrected chi connectivity index (χ3v) is 3.39. The van der Waals surface area contributed by atoms with Crippen LogP contribution in [0.5, 0.6) is 5.75 Å². The predicted molar refractivity (Wildman–Crippen MR) is 74.2 cm³/mol. The van der Waals surface area contributed by atoms with Crippen molar-refractivity contribution in [1.29, 1.82) is 5.26 Å². The Labute approximate surface area is 112 Å². The molecular formula is C16H14N2O. The number of rotatable bonds is 2. The largest absolute Gasteiger partial charge is 0.491 e. The minimum Gasteiger partial charge on any atom is -0.491 e. The topological polar surface area (TPSA) is 45.0 Å². The van der Waals surface area contributed by atoms with E-state index in [2.05, 4.69) is 17.5 Å². The molecule has 94 valence electrons. The number of nitrogens with one attached hydrogen (secondary N) is 1. The third kappa shape index (κ3) is 2.13. The van der Waals surface area contributed by atoms with E-state index in [0.717, 1.165) is 17.0 Å². The fraction of sp³-hybridized carbons (Fsp3) is 0.188. The molecule has 1 aliphatic rings. The van der Waals surface area contributed by atoms with Gasteiger partial charge in [-0.3, -0.25) is 0 Å². The Hall–Kier alpha value is -2.47. The normalized spacial score (nSPS) is 16.3. The molecule has 1 atom stereocenters. The van der Waals surface area contributed by atoms with Crippen LogP contribution in [0.4, 0.5) is 5.69 Å². The second kappa shape index (κ2) is 4.66. The highest BCUT2D eigenvalue weighted by Crippen LogP contribution is 2.34. The molecule has 0 saturated carbocycles. The van der Waals surface area contributed by atoms with Gasteiger partial charge in [-0.15, -0.1) is 0 Å². The average Bonchev–Trinajstić information content (AvgIpc) is 2.83. The summed E-state index contributed by atoms with van der Waals surface area (Å²) < 4.78 is 5.64. The lowest BCUT2D eigenvalue weighted by Gasteiger charge is -2.14. The summed E-state index contributed by atoms with van der Waals surface area (Å²) in [6.07, 6.45) is 0. The second-order valence-corrected chi connectivity index (χ2v) is 4.69. The molecule has 0 radical (unpaired) electrons. The van der Waals surface area contributed by atoms with Gasteiger partial charge in [-0.1, -0.05) is 18.2 Å². The summed E-state index contributed by atoms with van der Waals surface area (Å²) in [6.45, 7) is 2.58. The van der Waals surface area contributed by atoms with Crippen LogP contribution in [0.3, 0.4) is 0 Å². The summed E-state index contributed by atoms with van der Waals surface area (Å²) in [6, 6.07) is 16.2. The van der Waals surface area contributed by atoms with Crippen LogP contribution in [0.15, 0.2) is 42.5 Å². The van der Waals surface area contributed by atoms with Gasteiger partial charge in [0.25, 0.3) is 0 Å². The van der Waals surface area contributed by atoms with Gasteiger partial charge in [0.05, 0.1) is 17.7 Å². The maximum absolute atomic E-state index is 8.93. The molecule has 0 aromatic heterocycles. The minimum absolute atomic E-state index is 0.170. The third-order valence-electron chi connectivity index (χ3n) is 3.39. The number of para-hydroxylation sites is 1. The second-order valence-electron chi connectivity index (χ2n) is 4.69. The zero-order valence-corrected chi connectivity index (χ0v) is 10.7. The first-order valence-electron chi connectivity index (χ1n) is 6.27. The van der Waals surface area contributed by atoms with Gasteiger partial charge in [-0.2, -0.15) is 5.26 Å². The van der Waals surface area contributed by atoms with Crippen LogP contribution in [0.25, 0.3) is 0 Å². The Morgan fingerprint density at radius 1 is 1.26 bits per heavy atom. The predicted octanol–water partition coefficient (Wildman–Crippen LogP) is 3.41. The Morgan fingerprint density at radius 2 is 2.11 bits per heavy atom. The monoisotopic (exact) mass is 250 g/mol. The molecule has 0 saturated heterocycles. The molecule has 1 heterocycles. The average molecular weight is 250 g/mol. The van der Waals surface area contributed by atoms with E-state index in [9.17, 15) is 0 Å². The first-order valence-corrected chi connectivity index (χ1v) is 6.27. The lowest BCUT2D eigenvalue weighted by Crippen LogP contribution is -2.12. The van der Waals surface area contributed by atoms with Gasteiger partial charge in [0.1, 0.15) is 12.4 Å². The van der Waals surface area contributed by atoms with Gasteiger partial charge in [-0.05, 0) is 36.8 Å². The first-order chi connectivity index (χ1) is 9.28. The number of nitriles is 1. The SMILES string of the molecule is Cc1cc(NC2COc3ccccc32)ccc1C#N. The van der Waals surface area contributed by atoms with Crippen LogP contribution in [-0.2, 0) is 0 Å². The van der Waals surface area contributed by atoms with Crippen molar-refractivity contribution in [2.24, 2.45) is 0 Å². The molecule has 0 bridgehead atoms. The quantitative estimate of drug-likeness (QED) is 0.888. The van der Waals surface area contributed by atoms with Crippen LogP contribution in [0, 0.1) is 18.3 Å². The van der Waals surface area contributed by atoms with E-state index in [1.54, 1.807) is 0 Å². The van der Waals surface area contributed by atoms with Crippen LogP contribution >= 0.6 is 0 Å². The summed E-state index contributed by atoms with van der Waals surface area (Å²) in [7, 11) is 0. The van der Waals surface area contributed by atoms with E-state index < -0.39 is 0 Å². The van der Waals surface area contributed by atoms with Gasteiger partial charge in [-0.25, -0.2) is 0 Å². The van der Waals surface area contributed by atoms with E-state index in [-0.39, 0.29) is 6.04 Å². The van der Waals surface area contributed by atoms with E-state index in [0.29, 0.717) is 12.2 Å². The molecule has 19 heavy (non-hydrogen) atoms. The number of aryl methyl sites for hydroxylation is 1. The van der Waals surface area contributed by atoms with Crippen LogP contribution < -0.4 is 10.1 Å². The van der Waals surface area contributed by atoms with Gasteiger partial charge < -0.3 is 10.1 Å². The Bertz CT molecular complexity index is 658. The van der Waals surface area contributed by atoms with E-state index in [4.69, 9.17) is 10.00 Å². The number of anilines is 1. The molecule has 3 nitrogen and oxygen atoms in total. The van der Waals surface area contributed by atoms with Crippen molar-refractivity contribution >= 4 is 5.69 Å². The van der Waals surface area contributed by atoms with Crippen molar-refractivity contribution in [1.82, 2.24) is 0 Å². The first kappa shape index (κ1) is 11.6. The van der Waals surface area contributed by atoms with Crippen molar-refractivity contribution < 1.29 is 4.74 Å². The lowest BCUT2D eigenvalue weighted by atomic mass is 10.1. The number of hydrogen-bond acceptors (Lipinski definition) is 3. The van der Waals surface area contributed by atoms with Crippen molar-refractivity contribution in [3.05, 3.63) is 59.2 Å². The molecule has 0 amide bonds. The molecule has 2 aromatic carbocycles. The summed E-state index contributed by atoms with van der Waals surface area (Å²) in [5, 5.41) is 12.4. The van der Waals surface area contributed by atoms with Crippen LogP contribution in [-0.4, -0.2) is 6.61 Å².